The predicted octanol–water partition coefficient (Wildman–Crippen LogP) is 4.50. The number of benzene rings is 1. The summed E-state index contributed by atoms with van der Waals surface area (Å²) < 4.78 is 1.47. The fraction of sp³-hybridized carbons (Fsp3) is 0.393. The van der Waals surface area contributed by atoms with Crippen LogP contribution in [0, 0.1) is 0 Å². The van der Waals surface area contributed by atoms with Crippen molar-refractivity contribution in [1.29, 1.82) is 0 Å². The van der Waals surface area contributed by atoms with Gasteiger partial charge >= 0.3 is 6.03 Å². The number of imidazole rings is 1. The first-order valence-electron chi connectivity index (χ1n) is 13.4. The van der Waals surface area contributed by atoms with Gasteiger partial charge in [0, 0.05) is 37.7 Å². The van der Waals surface area contributed by atoms with Crippen molar-refractivity contribution in [2.75, 3.05) is 30.8 Å². The van der Waals surface area contributed by atoms with E-state index in [4.69, 9.17) is 0 Å². The van der Waals surface area contributed by atoms with Gasteiger partial charge in [-0.1, -0.05) is 12.1 Å². The number of hydrogen-bond acceptors (Lipinski definition) is 8. The molecule has 4 aromatic rings. The Morgan fingerprint density at radius 1 is 1.05 bits per heavy atom. The highest BCUT2D eigenvalue weighted by Crippen LogP contribution is 2.29. The summed E-state index contributed by atoms with van der Waals surface area (Å²) in [4.78, 5) is 33.1. The third-order valence-electron chi connectivity index (χ3n) is 7.64. The smallest absolute Gasteiger partial charge is 0.328 e. The molecule has 1 aliphatic heterocycles. The zero-order valence-electron chi connectivity index (χ0n) is 21.6. The molecule has 38 heavy (non-hydrogen) atoms. The molecule has 196 valence electrons. The second kappa shape index (κ2) is 10.7. The van der Waals surface area contributed by atoms with Gasteiger partial charge in [0.25, 0.3) is 0 Å². The average Bonchev–Trinajstić information content (AvgIpc) is 3.35. The number of rotatable bonds is 7. The Morgan fingerprint density at radius 3 is 2.61 bits per heavy atom. The number of anilines is 3. The fourth-order valence-electron chi connectivity index (χ4n) is 5.27. The maximum absolute atomic E-state index is 12.8. The highest BCUT2D eigenvalue weighted by molar-refractivity contribution is 5.92. The van der Waals surface area contributed by atoms with E-state index >= 15 is 0 Å². The Kier molecular flexibility index (Phi) is 6.87. The summed E-state index contributed by atoms with van der Waals surface area (Å²) in [6, 6.07) is 12.7. The molecule has 2 aliphatic rings. The Balaban J connectivity index is 1.14. The Labute approximate surface area is 221 Å². The molecular formula is C28H33N9O. The van der Waals surface area contributed by atoms with E-state index in [1.165, 1.54) is 22.0 Å². The quantitative estimate of drug-likeness (QED) is 0.333. The number of carbonyl (C=O) groups is 1. The molecule has 0 radical (unpaired) electrons. The minimum Gasteiger partial charge on any atom is -0.371 e. The van der Waals surface area contributed by atoms with E-state index in [1.54, 1.807) is 7.05 Å². The SMILES string of the molecule is CNc1nc(Nc2cccc(CN3CCC(c4ccncc4)CC3)c2)nc2c1ncn2C(=O)NC1CCC1. The van der Waals surface area contributed by atoms with Crippen LogP contribution < -0.4 is 16.0 Å². The van der Waals surface area contributed by atoms with Crippen molar-refractivity contribution in [3.63, 3.8) is 0 Å². The molecule has 0 spiro atoms. The molecule has 1 saturated heterocycles. The molecule has 10 nitrogen and oxygen atoms in total. The predicted molar refractivity (Wildman–Crippen MR) is 148 cm³/mol. The number of piperidine rings is 1. The summed E-state index contributed by atoms with van der Waals surface area (Å²) in [6.07, 6.45) is 10.8. The third-order valence-corrected chi connectivity index (χ3v) is 7.64. The highest BCUT2D eigenvalue weighted by Gasteiger charge is 2.23. The van der Waals surface area contributed by atoms with Gasteiger partial charge in [0.1, 0.15) is 6.33 Å². The largest absolute Gasteiger partial charge is 0.371 e. The van der Waals surface area contributed by atoms with Crippen LogP contribution in [0.3, 0.4) is 0 Å². The molecule has 4 heterocycles. The van der Waals surface area contributed by atoms with Crippen molar-refractivity contribution >= 4 is 34.6 Å². The standard InChI is InChI=1S/C28H33N9O/c1-29-25-24-26(37(18-31-24)28(38)33-22-5-3-6-22)35-27(34-25)32-23-7-2-4-19(16-23)17-36-14-10-21(11-15-36)20-8-12-30-13-9-20/h2,4,7-9,12-13,16,18,21-22H,3,5-6,10-11,14-15,17H2,1H3,(H,33,38)(H2,29,32,34,35). The number of carbonyl (C=O) groups excluding carboxylic acids is 1. The van der Waals surface area contributed by atoms with E-state index < -0.39 is 0 Å². The highest BCUT2D eigenvalue weighted by atomic mass is 16.2. The summed E-state index contributed by atoms with van der Waals surface area (Å²) >= 11 is 0. The van der Waals surface area contributed by atoms with Gasteiger partial charge in [-0.3, -0.25) is 9.88 Å². The first-order chi connectivity index (χ1) is 18.7. The Hall–Kier alpha value is -4.05. The Bertz CT molecular complexity index is 1410. The average molecular weight is 512 g/mol. The van der Waals surface area contributed by atoms with Gasteiger partial charge in [-0.25, -0.2) is 14.3 Å². The number of fused-ring (bicyclic) bond motifs is 1. The number of likely N-dealkylation sites (tertiary alicyclic amines) is 1. The first kappa shape index (κ1) is 24.3. The summed E-state index contributed by atoms with van der Waals surface area (Å²) in [5.74, 6) is 1.59. The van der Waals surface area contributed by atoms with Gasteiger partial charge in [-0.2, -0.15) is 9.97 Å². The van der Waals surface area contributed by atoms with Crippen molar-refractivity contribution in [3.8, 4) is 0 Å². The lowest BCUT2D eigenvalue weighted by Gasteiger charge is -2.32. The van der Waals surface area contributed by atoms with Crippen LogP contribution in [0.15, 0.2) is 55.1 Å². The maximum atomic E-state index is 12.8. The molecule has 1 amide bonds. The maximum Gasteiger partial charge on any atom is 0.328 e. The van der Waals surface area contributed by atoms with Crippen LogP contribution in [0.2, 0.25) is 0 Å². The lowest BCUT2D eigenvalue weighted by molar-refractivity contribution is 0.204. The monoisotopic (exact) mass is 511 g/mol. The molecule has 1 aliphatic carbocycles. The zero-order valence-corrected chi connectivity index (χ0v) is 21.6. The van der Waals surface area contributed by atoms with Gasteiger partial charge in [-0.05, 0) is 86.5 Å². The van der Waals surface area contributed by atoms with Crippen molar-refractivity contribution < 1.29 is 4.79 Å². The number of nitrogens with one attached hydrogen (secondary N) is 3. The van der Waals surface area contributed by atoms with Crippen LogP contribution in [0.1, 0.15) is 49.1 Å². The molecule has 1 aromatic carbocycles. The van der Waals surface area contributed by atoms with Crippen LogP contribution in [-0.2, 0) is 6.54 Å². The molecule has 0 unspecified atom stereocenters. The second-order valence-corrected chi connectivity index (χ2v) is 10.2. The summed E-state index contributed by atoms with van der Waals surface area (Å²) in [5.41, 5.74) is 4.56. The topological polar surface area (TPSA) is 113 Å². The van der Waals surface area contributed by atoms with E-state index in [2.05, 4.69) is 71.1 Å². The lowest BCUT2D eigenvalue weighted by Crippen LogP contribution is -2.41. The van der Waals surface area contributed by atoms with E-state index in [1.807, 2.05) is 18.5 Å². The van der Waals surface area contributed by atoms with Crippen molar-refractivity contribution in [2.45, 2.75) is 50.6 Å². The molecule has 6 rings (SSSR count). The first-order valence-corrected chi connectivity index (χ1v) is 13.4. The number of aromatic nitrogens is 5. The molecule has 3 N–H and O–H groups in total. The van der Waals surface area contributed by atoms with E-state index in [-0.39, 0.29) is 12.1 Å². The number of nitrogens with zero attached hydrogens (tertiary/aromatic N) is 6. The van der Waals surface area contributed by atoms with Crippen LogP contribution >= 0.6 is 0 Å². The second-order valence-electron chi connectivity index (χ2n) is 10.2. The van der Waals surface area contributed by atoms with Gasteiger partial charge in [-0.15, -0.1) is 0 Å². The van der Waals surface area contributed by atoms with E-state index in [0.29, 0.717) is 28.8 Å². The van der Waals surface area contributed by atoms with Crippen LogP contribution in [-0.4, -0.2) is 61.6 Å². The van der Waals surface area contributed by atoms with Crippen LogP contribution in [0.4, 0.5) is 22.2 Å². The van der Waals surface area contributed by atoms with Gasteiger partial charge < -0.3 is 16.0 Å². The summed E-state index contributed by atoms with van der Waals surface area (Å²) in [7, 11) is 1.79. The van der Waals surface area contributed by atoms with Crippen LogP contribution in [0.5, 0.6) is 0 Å². The molecule has 2 fully saturated rings. The molecule has 0 bridgehead atoms. The number of hydrogen-bond donors (Lipinski definition) is 3. The van der Waals surface area contributed by atoms with Gasteiger partial charge in [0.2, 0.25) is 5.95 Å². The fourth-order valence-corrected chi connectivity index (χ4v) is 5.27. The Morgan fingerprint density at radius 2 is 1.87 bits per heavy atom. The molecule has 0 atom stereocenters. The molecule has 3 aromatic heterocycles. The molecule has 10 heteroatoms. The summed E-state index contributed by atoms with van der Waals surface area (Å²) in [5, 5.41) is 9.47. The van der Waals surface area contributed by atoms with Crippen molar-refractivity contribution in [2.24, 2.45) is 0 Å². The minimum atomic E-state index is -0.210. The van der Waals surface area contributed by atoms with Gasteiger partial charge in [0.05, 0.1) is 0 Å². The number of pyridine rings is 1. The van der Waals surface area contributed by atoms with E-state index in [9.17, 15) is 4.79 Å². The van der Waals surface area contributed by atoms with Crippen molar-refractivity contribution in [3.05, 3.63) is 66.2 Å². The minimum absolute atomic E-state index is 0.210. The van der Waals surface area contributed by atoms with Crippen LogP contribution in [0.25, 0.3) is 11.2 Å². The number of amides is 1. The lowest BCUT2D eigenvalue weighted by atomic mass is 9.90. The van der Waals surface area contributed by atoms with Gasteiger partial charge in [0.15, 0.2) is 17.0 Å². The third kappa shape index (κ3) is 5.17. The van der Waals surface area contributed by atoms with E-state index in [0.717, 1.165) is 57.4 Å². The molecular weight excluding hydrogens is 478 g/mol. The van der Waals surface area contributed by atoms with Crippen molar-refractivity contribution in [1.82, 2.24) is 34.7 Å². The zero-order chi connectivity index (χ0) is 25.9. The normalized spacial score (nSPS) is 16.8. The summed E-state index contributed by atoms with van der Waals surface area (Å²) in [6.45, 7) is 3.04. The molecule has 1 saturated carbocycles.